The smallest absolute Gasteiger partial charge is 0.253 e. The molecule has 1 fully saturated rings. The van der Waals surface area contributed by atoms with Gasteiger partial charge in [-0.05, 0) is 31.5 Å². The van der Waals surface area contributed by atoms with Crippen LogP contribution in [0.5, 0.6) is 0 Å². The van der Waals surface area contributed by atoms with Crippen molar-refractivity contribution in [3.63, 3.8) is 0 Å². The Balaban J connectivity index is 1.69. The zero-order chi connectivity index (χ0) is 18.5. The second kappa shape index (κ2) is 7.95. The monoisotopic (exact) mass is 353 g/mol. The molecule has 2 amide bonds. The molecule has 0 bridgehead atoms. The summed E-state index contributed by atoms with van der Waals surface area (Å²) in [6.07, 6.45) is 2.50. The normalized spacial score (nSPS) is 16.4. The van der Waals surface area contributed by atoms with Gasteiger partial charge in [-0.1, -0.05) is 12.1 Å². The molecule has 7 nitrogen and oxygen atoms in total. The van der Waals surface area contributed by atoms with Crippen molar-refractivity contribution in [3.05, 3.63) is 42.1 Å². The molecule has 0 unspecified atom stereocenters. The third-order valence-corrected chi connectivity index (χ3v) is 4.29. The van der Waals surface area contributed by atoms with E-state index < -0.39 is 0 Å². The van der Waals surface area contributed by atoms with Gasteiger partial charge in [-0.25, -0.2) is 9.97 Å². The van der Waals surface area contributed by atoms with Gasteiger partial charge in [0.2, 0.25) is 5.91 Å². The van der Waals surface area contributed by atoms with Crippen molar-refractivity contribution in [1.82, 2.24) is 20.2 Å². The Kier molecular flexibility index (Phi) is 5.46. The van der Waals surface area contributed by atoms with E-state index in [-0.39, 0.29) is 17.9 Å². The standard InChI is InChI=1S/C19H23N5O2/c1-3-20-17-8-10-21-18(23-17)14-4-6-15(7-5-14)19(26)24-11-9-16(12-24)22-13(2)25/h4-8,10,16H,3,9,11-12H2,1-2H3,(H,22,25)(H,20,21,23)/t16-/m1/s1. The minimum Gasteiger partial charge on any atom is -0.370 e. The fourth-order valence-electron chi connectivity index (χ4n) is 3.07. The molecule has 0 radical (unpaired) electrons. The summed E-state index contributed by atoms with van der Waals surface area (Å²) in [5.74, 6) is 1.31. The summed E-state index contributed by atoms with van der Waals surface area (Å²) in [6.45, 7) is 5.50. The molecule has 1 aliphatic rings. The molecule has 2 N–H and O–H groups in total. The molecule has 1 aromatic carbocycles. The van der Waals surface area contributed by atoms with Crippen LogP contribution in [0.4, 0.5) is 5.82 Å². The number of carbonyl (C=O) groups excluding carboxylic acids is 2. The number of hydrogen-bond donors (Lipinski definition) is 2. The lowest BCUT2D eigenvalue weighted by atomic mass is 10.1. The lowest BCUT2D eigenvalue weighted by Crippen LogP contribution is -2.37. The van der Waals surface area contributed by atoms with Crippen LogP contribution in [0.1, 0.15) is 30.6 Å². The second-order valence-corrected chi connectivity index (χ2v) is 6.31. The molecule has 3 rings (SSSR count). The number of rotatable bonds is 5. The number of benzene rings is 1. The highest BCUT2D eigenvalue weighted by Gasteiger charge is 2.27. The van der Waals surface area contributed by atoms with Gasteiger partial charge in [0.05, 0.1) is 0 Å². The van der Waals surface area contributed by atoms with Crippen LogP contribution in [0.15, 0.2) is 36.5 Å². The summed E-state index contributed by atoms with van der Waals surface area (Å²) >= 11 is 0. The quantitative estimate of drug-likeness (QED) is 0.858. The molecular weight excluding hydrogens is 330 g/mol. The van der Waals surface area contributed by atoms with E-state index in [4.69, 9.17) is 0 Å². The van der Waals surface area contributed by atoms with Crippen molar-refractivity contribution in [2.75, 3.05) is 25.0 Å². The molecule has 0 saturated carbocycles. The maximum Gasteiger partial charge on any atom is 0.253 e. The highest BCUT2D eigenvalue weighted by molar-refractivity contribution is 5.95. The predicted molar refractivity (Wildman–Crippen MR) is 99.8 cm³/mol. The van der Waals surface area contributed by atoms with Crippen molar-refractivity contribution < 1.29 is 9.59 Å². The van der Waals surface area contributed by atoms with Gasteiger partial charge in [-0.3, -0.25) is 9.59 Å². The SMILES string of the molecule is CCNc1ccnc(-c2ccc(C(=O)N3CC[C@@H](NC(C)=O)C3)cc2)n1. The number of nitrogens with zero attached hydrogens (tertiary/aromatic N) is 3. The first-order valence-corrected chi connectivity index (χ1v) is 8.80. The lowest BCUT2D eigenvalue weighted by molar-refractivity contribution is -0.119. The molecule has 1 atom stereocenters. The first-order chi connectivity index (χ1) is 12.6. The fourth-order valence-corrected chi connectivity index (χ4v) is 3.07. The number of nitrogens with one attached hydrogen (secondary N) is 2. The summed E-state index contributed by atoms with van der Waals surface area (Å²) in [7, 11) is 0. The summed E-state index contributed by atoms with van der Waals surface area (Å²) in [6, 6.07) is 9.18. The van der Waals surface area contributed by atoms with Crippen LogP contribution >= 0.6 is 0 Å². The van der Waals surface area contributed by atoms with E-state index in [0.29, 0.717) is 24.5 Å². The predicted octanol–water partition coefficient (Wildman–Crippen LogP) is 1.93. The van der Waals surface area contributed by atoms with Gasteiger partial charge in [0.25, 0.3) is 5.91 Å². The molecule has 2 aromatic rings. The van der Waals surface area contributed by atoms with E-state index in [9.17, 15) is 9.59 Å². The molecule has 26 heavy (non-hydrogen) atoms. The van der Waals surface area contributed by atoms with Crippen LogP contribution in [-0.2, 0) is 4.79 Å². The molecule has 0 spiro atoms. The van der Waals surface area contributed by atoms with Crippen LogP contribution in [0.2, 0.25) is 0 Å². The van der Waals surface area contributed by atoms with Gasteiger partial charge in [-0.2, -0.15) is 0 Å². The molecule has 136 valence electrons. The molecular formula is C19H23N5O2. The third-order valence-electron chi connectivity index (χ3n) is 4.29. The summed E-state index contributed by atoms with van der Waals surface area (Å²) < 4.78 is 0. The largest absolute Gasteiger partial charge is 0.370 e. The van der Waals surface area contributed by atoms with E-state index in [0.717, 1.165) is 24.3 Å². The Morgan fingerprint density at radius 3 is 2.69 bits per heavy atom. The van der Waals surface area contributed by atoms with E-state index in [1.165, 1.54) is 6.92 Å². The molecule has 0 aliphatic carbocycles. The summed E-state index contributed by atoms with van der Waals surface area (Å²) in [5, 5.41) is 6.03. The Morgan fingerprint density at radius 2 is 2.00 bits per heavy atom. The Bertz CT molecular complexity index is 791. The van der Waals surface area contributed by atoms with Crippen LogP contribution < -0.4 is 10.6 Å². The zero-order valence-corrected chi connectivity index (χ0v) is 15.0. The molecule has 1 saturated heterocycles. The molecule has 1 aliphatic heterocycles. The van der Waals surface area contributed by atoms with Gasteiger partial charge in [0.1, 0.15) is 5.82 Å². The maximum absolute atomic E-state index is 12.6. The first-order valence-electron chi connectivity index (χ1n) is 8.80. The van der Waals surface area contributed by atoms with Crippen molar-refractivity contribution in [2.24, 2.45) is 0 Å². The van der Waals surface area contributed by atoms with Crippen LogP contribution in [0.3, 0.4) is 0 Å². The zero-order valence-electron chi connectivity index (χ0n) is 15.0. The summed E-state index contributed by atoms with van der Waals surface area (Å²) in [4.78, 5) is 34.3. The maximum atomic E-state index is 12.6. The van der Waals surface area contributed by atoms with Gasteiger partial charge in [-0.15, -0.1) is 0 Å². The average Bonchev–Trinajstić information content (AvgIpc) is 3.09. The Labute approximate surface area is 152 Å². The van der Waals surface area contributed by atoms with Gasteiger partial charge >= 0.3 is 0 Å². The van der Waals surface area contributed by atoms with Crippen LogP contribution in [0.25, 0.3) is 11.4 Å². The van der Waals surface area contributed by atoms with Crippen molar-refractivity contribution in [1.29, 1.82) is 0 Å². The first kappa shape index (κ1) is 17.8. The van der Waals surface area contributed by atoms with Crippen LogP contribution in [0, 0.1) is 0 Å². The third kappa shape index (κ3) is 4.17. The molecule has 1 aromatic heterocycles. The summed E-state index contributed by atoms with van der Waals surface area (Å²) in [5.41, 5.74) is 1.49. The van der Waals surface area contributed by atoms with E-state index >= 15 is 0 Å². The molecule has 2 heterocycles. The van der Waals surface area contributed by atoms with E-state index in [1.807, 2.05) is 25.1 Å². The second-order valence-electron chi connectivity index (χ2n) is 6.31. The Morgan fingerprint density at radius 1 is 1.23 bits per heavy atom. The highest BCUT2D eigenvalue weighted by atomic mass is 16.2. The lowest BCUT2D eigenvalue weighted by Gasteiger charge is -2.17. The van der Waals surface area contributed by atoms with Gasteiger partial charge in [0.15, 0.2) is 5.82 Å². The van der Waals surface area contributed by atoms with Crippen molar-refractivity contribution >= 4 is 17.6 Å². The van der Waals surface area contributed by atoms with E-state index in [2.05, 4.69) is 20.6 Å². The van der Waals surface area contributed by atoms with Crippen LogP contribution in [-0.4, -0.2) is 52.4 Å². The Hall–Kier alpha value is -2.96. The van der Waals surface area contributed by atoms with Gasteiger partial charge < -0.3 is 15.5 Å². The number of anilines is 1. The van der Waals surface area contributed by atoms with E-state index in [1.54, 1.807) is 23.2 Å². The minimum absolute atomic E-state index is 0.0216. The number of hydrogen-bond acceptors (Lipinski definition) is 5. The number of amides is 2. The van der Waals surface area contributed by atoms with Crippen molar-refractivity contribution in [2.45, 2.75) is 26.3 Å². The number of aromatic nitrogens is 2. The van der Waals surface area contributed by atoms with Crippen molar-refractivity contribution in [3.8, 4) is 11.4 Å². The van der Waals surface area contributed by atoms with Gasteiger partial charge in [0, 0.05) is 49.9 Å². The molecule has 7 heteroatoms. The fraction of sp³-hybridized carbons (Fsp3) is 0.368. The highest BCUT2D eigenvalue weighted by Crippen LogP contribution is 2.19. The average molecular weight is 353 g/mol. The number of carbonyl (C=O) groups is 2. The minimum atomic E-state index is -0.0616. The number of likely N-dealkylation sites (tertiary alicyclic amines) is 1. The topological polar surface area (TPSA) is 87.2 Å².